The van der Waals surface area contributed by atoms with Crippen LogP contribution in [-0.2, 0) is 6.54 Å². The summed E-state index contributed by atoms with van der Waals surface area (Å²) in [7, 11) is 0. The van der Waals surface area contributed by atoms with E-state index in [0.717, 1.165) is 61.3 Å². The maximum Gasteiger partial charge on any atom is 0.254 e. The highest BCUT2D eigenvalue weighted by Gasteiger charge is 2.23. The molecule has 1 fully saturated rings. The van der Waals surface area contributed by atoms with Gasteiger partial charge in [-0.25, -0.2) is 4.98 Å². The van der Waals surface area contributed by atoms with E-state index in [4.69, 9.17) is 4.98 Å². The van der Waals surface area contributed by atoms with Crippen LogP contribution in [0.4, 0.5) is 5.82 Å². The molecule has 1 saturated heterocycles. The van der Waals surface area contributed by atoms with E-state index in [1.165, 1.54) is 5.56 Å². The Hall–Kier alpha value is -4.63. The predicted molar refractivity (Wildman–Crippen MR) is 168 cm³/mol. The molecular formula is C34H37N7O2. The number of aromatic nitrogens is 4. The Morgan fingerprint density at radius 2 is 1.56 bits per heavy atom. The molecule has 5 aromatic rings. The first-order chi connectivity index (χ1) is 21.1. The molecule has 43 heavy (non-hydrogen) atoms. The van der Waals surface area contributed by atoms with Crippen molar-refractivity contribution in [3.05, 3.63) is 101 Å². The van der Waals surface area contributed by atoms with Crippen LogP contribution in [0.25, 0.3) is 16.7 Å². The van der Waals surface area contributed by atoms with Gasteiger partial charge in [-0.3, -0.25) is 18.9 Å². The highest BCUT2D eigenvalue weighted by Crippen LogP contribution is 2.24. The minimum Gasteiger partial charge on any atom is -0.367 e. The fourth-order valence-electron chi connectivity index (χ4n) is 5.72. The minimum atomic E-state index is 0.0353. The molecule has 1 aliphatic heterocycles. The number of carbonyl (C=O) groups is 2. The number of hydrogen-bond acceptors (Lipinski definition) is 7. The van der Waals surface area contributed by atoms with Gasteiger partial charge in [0.1, 0.15) is 5.82 Å². The highest BCUT2D eigenvalue weighted by atomic mass is 16.2. The number of fused-ring (bicyclic) bond motifs is 3. The van der Waals surface area contributed by atoms with E-state index in [9.17, 15) is 9.59 Å². The van der Waals surface area contributed by atoms with E-state index >= 15 is 0 Å². The first-order valence-electron chi connectivity index (χ1n) is 15.1. The summed E-state index contributed by atoms with van der Waals surface area (Å²) < 4.78 is 1.97. The van der Waals surface area contributed by atoms with Crippen LogP contribution in [0.2, 0.25) is 0 Å². The van der Waals surface area contributed by atoms with Gasteiger partial charge >= 0.3 is 0 Å². The fourth-order valence-corrected chi connectivity index (χ4v) is 5.72. The highest BCUT2D eigenvalue weighted by molar-refractivity contribution is 5.98. The first kappa shape index (κ1) is 28.5. The van der Waals surface area contributed by atoms with Gasteiger partial charge in [-0.1, -0.05) is 67.1 Å². The molecule has 1 aliphatic rings. The van der Waals surface area contributed by atoms with Crippen molar-refractivity contribution in [2.75, 3.05) is 38.0 Å². The number of rotatable bonds is 11. The molecule has 9 nitrogen and oxygen atoms in total. The van der Waals surface area contributed by atoms with Crippen molar-refractivity contribution in [2.24, 2.45) is 0 Å². The second-order valence-electron chi connectivity index (χ2n) is 11.2. The average molecular weight is 576 g/mol. The van der Waals surface area contributed by atoms with Crippen molar-refractivity contribution >= 4 is 34.2 Å². The Balaban J connectivity index is 1.07. The topological polar surface area (TPSA) is 95.7 Å². The third-order valence-electron chi connectivity index (χ3n) is 8.11. The zero-order chi connectivity index (χ0) is 29.6. The molecule has 0 unspecified atom stereocenters. The first-order valence-corrected chi connectivity index (χ1v) is 15.1. The lowest BCUT2D eigenvalue weighted by atomic mass is 10.0. The van der Waals surface area contributed by atoms with Crippen molar-refractivity contribution in [2.45, 2.75) is 39.2 Å². The van der Waals surface area contributed by atoms with E-state index in [2.05, 4.69) is 44.7 Å². The molecule has 0 spiro atoms. The summed E-state index contributed by atoms with van der Waals surface area (Å²) in [6.07, 6.45) is 3.25. The lowest BCUT2D eigenvalue weighted by Gasteiger charge is -2.34. The average Bonchev–Trinajstić information content (AvgIpc) is 3.45. The summed E-state index contributed by atoms with van der Waals surface area (Å²) in [4.78, 5) is 35.0. The SMILES string of the molecule is Cc1nnc2c(NCCCCCC(=O)c3ccccc3)nc3ccc(C(=O)N4CCN(Cc5ccccc5)CC4)cc3n12. The van der Waals surface area contributed by atoms with Gasteiger partial charge < -0.3 is 10.2 Å². The van der Waals surface area contributed by atoms with Gasteiger partial charge in [0.2, 0.25) is 5.65 Å². The molecule has 0 aliphatic carbocycles. The van der Waals surface area contributed by atoms with Crippen molar-refractivity contribution < 1.29 is 9.59 Å². The molecular weight excluding hydrogens is 538 g/mol. The molecule has 3 aromatic carbocycles. The van der Waals surface area contributed by atoms with Crippen LogP contribution in [0.1, 0.15) is 57.8 Å². The molecule has 2 aromatic heterocycles. The zero-order valence-corrected chi connectivity index (χ0v) is 24.6. The van der Waals surface area contributed by atoms with Crippen LogP contribution < -0.4 is 5.32 Å². The third kappa shape index (κ3) is 6.57. The lowest BCUT2D eigenvalue weighted by molar-refractivity contribution is 0.0628. The Bertz CT molecular complexity index is 1710. The molecule has 9 heteroatoms. The number of unbranched alkanes of at least 4 members (excludes halogenated alkanes) is 2. The number of Topliss-reactive ketones (excluding diaryl/α,β-unsaturated/α-hetero) is 1. The molecule has 1 N–H and O–H groups in total. The molecule has 220 valence electrons. The Morgan fingerprint density at radius 3 is 2.33 bits per heavy atom. The Labute approximate surface area is 251 Å². The van der Waals surface area contributed by atoms with Crippen molar-refractivity contribution in [1.82, 2.24) is 29.4 Å². The van der Waals surface area contributed by atoms with E-state index in [-0.39, 0.29) is 11.7 Å². The van der Waals surface area contributed by atoms with Gasteiger partial charge in [-0.05, 0) is 43.5 Å². The molecule has 6 rings (SSSR count). The van der Waals surface area contributed by atoms with E-state index in [0.29, 0.717) is 43.1 Å². The maximum absolute atomic E-state index is 13.5. The fraction of sp³-hybridized carbons (Fsp3) is 0.324. The van der Waals surface area contributed by atoms with E-state index < -0.39 is 0 Å². The van der Waals surface area contributed by atoms with E-state index in [1.807, 2.05) is 70.8 Å². The van der Waals surface area contributed by atoms with Gasteiger partial charge in [0.15, 0.2) is 11.6 Å². The van der Waals surface area contributed by atoms with Gasteiger partial charge in [0.25, 0.3) is 5.91 Å². The van der Waals surface area contributed by atoms with Gasteiger partial charge in [-0.15, -0.1) is 10.2 Å². The number of anilines is 1. The number of hydrogen-bond donors (Lipinski definition) is 1. The van der Waals surface area contributed by atoms with Crippen LogP contribution in [0, 0.1) is 6.92 Å². The van der Waals surface area contributed by atoms with Crippen molar-refractivity contribution in [3.8, 4) is 0 Å². The monoisotopic (exact) mass is 575 g/mol. The quantitative estimate of drug-likeness (QED) is 0.166. The summed E-state index contributed by atoms with van der Waals surface area (Å²) in [5.74, 6) is 1.63. The number of aryl methyl sites for hydroxylation is 1. The normalized spacial score (nSPS) is 13.9. The van der Waals surface area contributed by atoms with Crippen molar-refractivity contribution in [3.63, 3.8) is 0 Å². The van der Waals surface area contributed by atoms with Crippen LogP contribution >= 0.6 is 0 Å². The third-order valence-corrected chi connectivity index (χ3v) is 8.11. The number of nitrogens with one attached hydrogen (secondary N) is 1. The predicted octanol–water partition coefficient (Wildman–Crippen LogP) is 5.40. The minimum absolute atomic E-state index is 0.0353. The second-order valence-corrected chi connectivity index (χ2v) is 11.2. The number of benzene rings is 3. The molecule has 0 atom stereocenters. The number of nitrogens with zero attached hydrogens (tertiary/aromatic N) is 6. The smallest absolute Gasteiger partial charge is 0.254 e. The Morgan fingerprint density at radius 1 is 0.814 bits per heavy atom. The number of carbonyl (C=O) groups excluding carboxylic acids is 2. The van der Waals surface area contributed by atoms with Crippen molar-refractivity contribution in [1.29, 1.82) is 0 Å². The molecule has 3 heterocycles. The number of ketones is 1. The van der Waals surface area contributed by atoms with E-state index in [1.54, 1.807) is 0 Å². The maximum atomic E-state index is 13.5. The summed E-state index contributed by atoms with van der Waals surface area (Å²) in [5, 5.41) is 12.1. The molecule has 0 radical (unpaired) electrons. The molecule has 1 amide bonds. The summed E-state index contributed by atoms with van der Waals surface area (Å²) in [5.41, 5.74) is 4.94. The summed E-state index contributed by atoms with van der Waals surface area (Å²) in [6.45, 7) is 6.63. The second kappa shape index (κ2) is 13.1. The van der Waals surface area contributed by atoms with Gasteiger partial charge in [0.05, 0.1) is 11.0 Å². The Kier molecular flexibility index (Phi) is 8.70. The van der Waals surface area contributed by atoms with Gasteiger partial charge in [0, 0.05) is 56.8 Å². The zero-order valence-electron chi connectivity index (χ0n) is 24.6. The van der Waals surface area contributed by atoms with Gasteiger partial charge in [-0.2, -0.15) is 0 Å². The molecule has 0 saturated carbocycles. The number of piperazine rings is 1. The number of amides is 1. The van der Waals surface area contributed by atoms with Crippen LogP contribution in [-0.4, -0.2) is 73.8 Å². The molecule has 0 bridgehead atoms. The van der Waals surface area contributed by atoms with Crippen LogP contribution in [0.5, 0.6) is 0 Å². The summed E-state index contributed by atoms with van der Waals surface area (Å²) >= 11 is 0. The lowest BCUT2D eigenvalue weighted by Crippen LogP contribution is -2.48. The largest absolute Gasteiger partial charge is 0.367 e. The standard InChI is InChI=1S/C34H37N7O2/c1-25-37-38-33-32(35-18-10-4-9-15-31(42)27-13-7-3-8-14-27)36-29-17-16-28(23-30(29)41(25)33)34(43)40-21-19-39(20-22-40)24-26-11-5-2-6-12-26/h2-3,5-8,11-14,16-17,23H,4,9-10,15,18-22,24H2,1H3,(H,35,36). The summed E-state index contributed by atoms with van der Waals surface area (Å²) in [6, 6.07) is 25.6. The van der Waals surface area contributed by atoms with Crippen LogP contribution in [0.3, 0.4) is 0 Å². The van der Waals surface area contributed by atoms with Crippen LogP contribution in [0.15, 0.2) is 78.9 Å².